The minimum Gasteiger partial charge on any atom is -0.253 e. The highest BCUT2D eigenvalue weighted by Gasteiger charge is 2.17. The van der Waals surface area contributed by atoms with E-state index in [9.17, 15) is 8.42 Å². The van der Waals surface area contributed by atoms with Crippen molar-refractivity contribution in [2.24, 2.45) is 5.92 Å². The van der Waals surface area contributed by atoms with Crippen molar-refractivity contribution < 1.29 is 8.42 Å². The van der Waals surface area contributed by atoms with Gasteiger partial charge in [-0.15, -0.1) is 10.2 Å². The predicted molar refractivity (Wildman–Crippen MR) is 87.7 cm³/mol. The zero-order chi connectivity index (χ0) is 15.5. The van der Waals surface area contributed by atoms with Crippen LogP contribution in [0.25, 0.3) is 0 Å². The van der Waals surface area contributed by atoms with Crippen LogP contribution in [0.5, 0.6) is 0 Å². The van der Waals surface area contributed by atoms with Gasteiger partial charge in [-0.25, -0.2) is 8.42 Å². The first-order chi connectivity index (χ1) is 9.87. The van der Waals surface area contributed by atoms with Gasteiger partial charge in [0.1, 0.15) is 0 Å². The van der Waals surface area contributed by atoms with Crippen molar-refractivity contribution in [3.8, 4) is 0 Å². The van der Waals surface area contributed by atoms with Crippen LogP contribution in [0.3, 0.4) is 0 Å². The van der Waals surface area contributed by atoms with E-state index < -0.39 is 10.0 Å². The van der Waals surface area contributed by atoms with E-state index in [-0.39, 0.29) is 10.0 Å². The monoisotopic (exact) mass is 363 g/mol. The molecular weight excluding hydrogens is 350 g/mol. The van der Waals surface area contributed by atoms with Crippen LogP contribution in [-0.4, -0.2) is 24.4 Å². The normalized spacial score (nSPS) is 11.8. The van der Waals surface area contributed by atoms with Crippen molar-refractivity contribution in [3.63, 3.8) is 0 Å². The Kier molecular flexibility index (Phi) is 5.48. The third-order valence-corrected chi connectivity index (χ3v) is 6.43. The number of anilines is 1. The summed E-state index contributed by atoms with van der Waals surface area (Å²) in [5.74, 6) is 1.45. The van der Waals surface area contributed by atoms with Crippen LogP contribution < -0.4 is 4.72 Å². The molecule has 5 nitrogen and oxygen atoms in total. The van der Waals surface area contributed by atoms with Crippen LogP contribution in [0.4, 0.5) is 5.13 Å². The summed E-state index contributed by atoms with van der Waals surface area (Å²) >= 11 is 8.54. The quantitative estimate of drug-likeness (QED) is 0.791. The number of sulfonamides is 1. The molecule has 9 heteroatoms. The number of hydrogen-bond acceptors (Lipinski definition) is 6. The van der Waals surface area contributed by atoms with Gasteiger partial charge in [-0.3, -0.25) is 4.72 Å². The van der Waals surface area contributed by atoms with Crippen molar-refractivity contribution in [1.29, 1.82) is 0 Å². The smallest absolute Gasteiger partial charge is 0.253 e. The number of nitrogens with zero attached hydrogens (tertiary/aromatic N) is 2. The first-order valence-corrected chi connectivity index (χ1v) is 9.78. The number of aromatic nitrogens is 2. The van der Waals surface area contributed by atoms with E-state index in [1.54, 1.807) is 11.8 Å². The Morgan fingerprint density at radius 1 is 1.29 bits per heavy atom. The van der Waals surface area contributed by atoms with E-state index in [4.69, 9.17) is 11.6 Å². The fourth-order valence-corrected chi connectivity index (χ4v) is 4.42. The van der Waals surface area contributed by atoms with Gasteiger partial charge in [0.15, 0.2) is 4.34 Å². The molecule has 0 fully saturated rings. The topological polar surface area (TPSA) is 72.0 Å². The average molecular weight is 364 g/mol. The lowest BCUT2D eigenvalue weighted by Crippen LogP contribution is -2.12. The second-order valence-electron chi connectivity index (χ2n) is 4.64. The fraction of sp³-hybridized carbons (Fsp3) is 0.333. The molecular formula is C12H14ClN3O2S3. The predicted octanol–water partition coefficient (Wildman–Crippen LogP) is 3.74. The maximum absolute atomic E-state index is 12.2. The van der Waals surface area contributed by atoms with Crippen LogP contribution in [0, 0.1) is 5.92 Å². The Bertz CT molecular complexity index is 699. The molecule has 0 bridgehead atoms. The molecule has 0 amide bonds. The van der Waals surface area contributed by atoms with Crippen LogP contribution in [0.1, 0.15) is 13.8 Å². The van der Waals surface area contributed by atoms with Crippen molar-refractivity contribution in [1.82, 2.24) is 10.2 Å². The summed E-state index contributed by atoms with van der Waals surface area (Å²) in [5.41, 5.74) is 0. The van der Waals surface area contributed by atoms with Crippen LogP contribution in [0.15, 0.2) is 33.5 Å². The van der Waals surface area contributed by atoms with E-state index in [0.29, 0.717) is 10.9 Å². The number of halogens is 1. The maximum atomic E-state index is 12.2. The summed E-state index contributed by atoms with van der Waals surface area (Å²) in [7, 11) is -3.66. The summed E-state index contributed by atoms with van der Waals surface area (Å²) in [6.45, 7) is 4.22. The number of hydrogen-bond donors (Lipinski definition) is 1. The molecule has 0 spiro atoms. The summed E-state index contributed by atoms with van der Waals surface area (Å²) in [6.07, 6.45) is 0. The second-order valence-corrected chi connectivity index (χ2v) is 9.00. The molecule has 1 heterocycles. The average Bonchev–Trinajstić information content (AvgIpc) is 2.84. The van der Waals surface area contributed by atoms with Gasteiger partial charge in [0, 0.05) is 10.8 Å². The Labute approximate surface area is 137 Å². The van der Waals surface area contributed by atoms with Crippen LogP contribution in [-0.2, 0) is 10.0 Å². The molecule has 1 aromatic heterocycles. The molecule has 2 aromatic rings. The fourth-order valence-electron chi connectivity index (χ4n) is 1.33. The third kappa shape index (κ3) is 4.84. The Morgan fingerprint density at radius 2 is 1.95 bits per heavy atom. The number of benzene rings is 1. The molecule has 0 atom stereocenters. The molecule has 0 aliphatic carbocycles. The third-order valence-electron chi connectivity index (χ3n) is 2.29. The zero-order valence-electron chi connectivity index (χ0n) is 11.4. The Hall–Kier alpha value is -0.830. The Morgan fingerprint density at radius 3 is 2.57 bits per heavy atom. The summed E-state index contributed by atoms with van der Waals surface area (Å²) in [6, 6.07) is 5.94. The summed E-state index contributed by atoms with van der Waals surface area (Å²) < 4.78 is 27.5. The first kappa shape index (κ1) is 16.5. The molecule has 0 saturated heterocycles. The van der Waals surface area contributed by atoms with Gasteiger partial charge in [0.25, 0.3) is 10.0 Å². The van der Waals surface area contributed by atoms with Crippen molar-refractivity contribution in [2.45, 2.75) is 23.1 Å². The van der Waals surface area contributed by atoms with Gasteiger partial charge in [-0.1, -0.05) is 48.5 Å². The standard InChI is InChI=1S/C12H14ClN3O2S3/c1-8(2)7-19-12-15-14-11(20-12)16-21(17,18)10-5-3-9(13)4-6-10/h3-6,8H,7H2,1-2H3,(H,14,16). The van der Waals surface area contributed by atoms with E-state index in [1.807, 2.05) is 0 Å². The second kappa shape index (κ2) is 6.95. The molecule has 114 valence electrons. The highest BCUT2D eigenvalue weighted by Crippen LogP contribution is 2.28. The number of rotatable bonds is 6. The van der Waals surface area contributed by atoms with E-state index in [2.05, 4.69) is 28.8 Å². The van der Waals surface area contributed by atoms with Crippen LogP contribution >= 0.6 is 34.7 Å². The molecule has 0 radical (unpaired) electrons. The molecule has 21 heavy (non-hydrogen) atoms. The largest absolute Gasteiger partial charge is 0.263 e. The number of thioether (sulfide) groups is 1. The molecule has 1 aromatic carbocycles. The van der Waals surface area contributed by atoms with Gasteiger partial charge in [-0.2, -0.15) is 0 Å². The first-order valence-electron chi connectivity index (χ1n) is 6.11. The van der Waals surface area contributed by atoms with Gasteiger partial charge < -0.3 is 0 Å². The Balaban J connectivity index is 2.08. The molecule has 0 saturated carbocycles. The molecule has 0 aliphatic heterocycles. The van der Waals surface area contributed by atoms with Gasteiger partial charge in [-0.05, 0) is 30.2 Å². The molecule has 0 aliphatic rings. The summed E-state index contributed by atoms with van der Waals surface area (Å²) in [4.78, 5) is 0.137. The van der Waals surface area contributed by atoms with Gasteiger partial charge in [0.2, 0.25) is 5.13 Å². The van der Waals surface area contributed by atoms with Gasteiger partial charge in [0.05, 0.1) is 4.90 Å². The molecule has 1 N–H and O–H groups in total. The minimum absolute atomic E-state index is 0.137. The maximum Gasteiger partial charge on any atom is 0.263 e. The summed E-state index contributed by atoms with van der Waals surface area (Å²) in [5, 5.41) is 8.56. The van der Waals surface area contributed by atoms with Gasteiger partial charge >= 0.3 is 0 Å². The van der Waals surface area contributed by atoms with E-state index in [1.165, 1.54) is 35.6 Å². The van der Waals surface area contributed by atoms with E-state index in [0.717, 1.165) is 10.1 Å². The lowest BCUT2D eigenvalue weighted by Gasteiger charge is -2.04. The van der Waals surface area contributed by atoms with Crippen LogP contribution in [0.2, 0.25) is 5.02 Å². The zero-order valence-corrected chi connectivity index (χ0v) is 14.6. The highest BCUT2D eigenvalue weighted by molar-refractivity contribution is 8.01. The lowest BCUT2D eigenvalue weighted by molar-refractivity contribution is 0.601. The highest BCUT2D eigenvalue weighted by atomic mass is 35.5. The van der Waals surface area contributed by atoms with E-state index >= 15 is 0 Å². The van der Waals surface area contributed by atoms with Crippen molar-refractivity contribution >= 4 is 49.9 Å². The number of nitrogens with one attached hydrogen (secondary N) is 1. The van der Waals surface area contributed by atoms with Crippen molar-refractivity contribution in [3.05, 3.63) is 29.3 Å². The van der Waals surface area contributed by atoms with Crippen molar-refractivity contribution in [2.75, 3.05) is 10.5 Å². The molecule has 2 rings (SSSR count). The lowest BCUT2D eigenvalue weighted by atomic mass is 10.3. The minimum atomic E-state index is -3.66. The molecule has 0 unspecified atom stereocenters. The SMILES string of the molecule is CC(C)CSc1nnc(NS(=O)(=O)c2ccc(Cl)cc2)s1.